The monoisotopic (exact) mass is 502 g/mol. The fourth-order valence-electron chi connectivity index (χ4n) is 2.71. The van der Waals surface area contributed by atoms with Gasteiger partial charge in [-0.1, -0.05) is 45.2 Å². The minimum atomic E-state index is -0.486. The van der Waals surface area contributed by atoms with Crippen molar-refractivity contribution in [1.82, 2.24) is 4.98 Å². The van der Waals surface area contributed by atoms with E-state index in [-0.39, 0.29) is 0 Å². The average Bonchev–Trinajstić information content (AvgIpc) is 3.17. The first-order valence-corrected chi connectivity index (χ1v) is 10.6. The number of halogens is 3. The van der Waals surface area contributed by atoms with Crippen molar-refractivity contribution >= 4 is 73.1 Å². The van der Waals surface area contributed by atoms with E-state index in [2.05, 4.69) is 27.0 Å². The molecule has 0 saturated carbocycles. The third kappa shape index (κ3) is 4.14. The van der Waals surface area contributed by atoms with Crippen LogP contribution in [0.4, 0.5) is 0 Å². The fraction of sp³-hybridized carbons (Fsp3) is 0. The highest BCUT2D eigenvalue weighted by molar-refractivity contribution is 9.10. The lowest BCUT2D eigenvalue weighted by Crippen LogP contribution is -2.02. The molecule has 0 aliphatic heterocycles. The zero-order valence-corrected chi connectivity index (χ0v) is 18.4. The highest BCUT2D eigenvalue weighted by Crippen LogP contribution is 2.30. The molecule has 142 valence electrons. The van der Waals surface area contributed by atoms with Gasteiger partial charge in [-0.3, -0.25) is 0 Å². The number of hydrogen-bond donors (Lipinski definition) is 0. The maximum absolute atomic E-state index is 12.4. The summed E-state index contributed by atoms with van der Waals surface area (Å²) in [7, 11) is 0. The van der Waals surface area contributed by atoms with Gasteiger partial charge in [0.05, 0.1) is 16.8 Å². The van der Waals surface area contributed by atoms with E-state index in [4.69, 9.17) is 27.6 Å². The van der Waals surface area contributed by atoms with Gasteiger partial charge in [-0.05, 0) is 48.0 Å². The first-order chi connectivity index (χ1) is 13.9. The second-order valence-electron chi connectivity index (χ2n) is 6.00. The average molecular weight is 504 g/mol. The number of fused-ring (bicyclic) bond motifs is 1. The maximum Gasteiger partial charge on any atom is 0.345 e. The van der Waals surface area contributed by atoms with Crippen LogP contribution in [0.1, 0.15) is 10.6 Å². The van der Waals surface area contributed by atoms with Crippen molar-refractivity contribution in [2.75, 3.05) is 0 Å². The van der Waals surface area contributed by atoms with Gasteiger partial charge >= 0.3 is 5.63 Å². The summed E-state index contributed by atoms with van der Waals surface area (Å²) >= 11 is 16.8. The van der Waals surface area contributed by atoms with Gasteiger partial charge in [-0.25, -0.2) is 9.78 Å². The van der Waals surface area contributed by atoms with Gasteiger partial charge in [0.1, 0.15) is 16.7 Å². The summed E-state index contributed by atoms with van der Waals surface area (Å²) in [5, 5.41) is 13.5. The quantitative estimate of drug-likeness (QED) is 0.222. The van der Waals surface area contributed by atoms with Crippen LogP contribution in [0.25, 0.3) is 33.9 Å². The molecule has 0 aliphatic rings. The molecule has 0 bridgehead atoms. The lowest BCUT2D eigenvalue weighted by atomic mass is 10.1. The number of benzene rings is 2. The topological polar surface area (TPSA) is 66.9 Å². The SMILES string of the molecule is N#C/C(=C/c1ccc(Cl)cc1Cl)c1nc(-c2cc3cc(Br)ccc3oc2=O)cs1. The number of aromatic nitrogens is 1. The first-order valence-electron chi connectivity index (χ1n) is 8.21. The van der Waals surface area contributed by atoms with Crippen molar-refractivity contribution < 1.29 is 4.42 Å². The van der Waals surface area contributed by atoms with Crippen LogP contribution >= 0.6 is 50.5 Å². The van der Waals surface area contributed by atoms with Crippen LogP contribution in [-0.2, 0) is 0 Å². The molecule has 8 heteroatoms. The zero-order chi connectivity index (χ0) is 20.5. The molecule has 2 aromatic carbocycles. The molecular formula is C21H9BrCl2N2O2S. The van der Waals surface area contributed by atoms with E-state index >= 15 is 0 Å². The molecule has 0 amide bonds. The molecule has 0 radical (unpaired) electrons. The van der Waals surface area contributed by atoms with Gasteiger partial charge in [0.25, 0.3) is 0 Å². The van der Waals surface area contributed by atoms with Crippen LogP contribution in [0.3, 0.4) is 0 Å². The molecule has 0 atom stereocenters. The van der Waals surface area contributed by atoms with E-state index in [0.717, 1.165) is 9.86 Å². The van der Waals surface area contributed by atoms with Crippen molar-refractivity contribution in [3.63, 3.8) is 0 Å². The molecule has 0 fully saturated rings. The summed E-state index contributed by atoms with van der Waals surface area (Å²) in [5.74, 6) is 0. The van der Waals surface area contributed by atoms with Gasteiger partial charge in [0.2, 0.25) is 0 Å². The molecule has 0 unspecified atom stereocenters. The smallest absolute Gasteiger partial charge is 0.345 e. The Morgan fingerprint density at radius 3 is 2.79 bits per heavy atom. The van der Waals surface area contributed by atoms with Crippen LogP contribution in [-0.4, -0.2) is 4.98 Å². The Labute approximate surface area is 187 Å². The van der Waals surface area contributed by atoms with E-state index < -0.39 is 5.63 Å². The Balaban J connectivity index is 1.77. The Bertz CT molecular complexity index is 1390. The molecule has 29 heavy (non-hydrogen) atoms. The largest absolute Gasteiger partial charge is 0.422 e. The van der Waals surface area contributed by atoms with Gasteiger partial charge in [-0.2, -0.15) is 5.26 Å². The van der Waals surface area contributed by atoms with Gasteiger partial charge in [0, 0.05) is 25.3 Å². The molecule has 2 heterocycles. The highest BCUT2D eigenvalue weighted by atomic mass is 79.9. The van der Waals surface area contributed by atoms with Crippen molar-refractivity contribution in [1.29, 1.82) is 5.26 Å². The van der Waals surface area contributed by atoms with Gasteiger partial charge in [-0.15, -0.1) is 11.3 Å². The molecule has 0 N–H and O–H groups in total. The van der Waals surface area contributed by atoms with Crippen molar-refractivity contribution in [2.24, 2.45) is 0 Å². The van der Waals surface area contributed by atoms with Crippen LogP contribution in [0, 0.1) is 11.3 Å². The number of rotatable bonds is 3. The summed E-state index contributed by atoms with van der Waals surface area (Å²) in [6.45, 7) is 0. The zero-order valence-electron chi connectivity index (χ0n) is 14.4. The van der Waals surface area contributed by atoms with Crippen molar-refractivity contribution in [3.05, 3.63) is 83.4 Å². The van der Waals surface area contributed by atoms with Crippen LogP contribution < -0.4 is 5.63 Å². The molecular weight excluding hydrogens is 495 g/mol. The molecule has 0 saturated heterocycles. The lowest BCUT2D eigenvalue weighted by molar-refractivity contribution is 0.563. The molecule has 0 aliphatic carbocycles. The third-order valence-corrected chi connectivity index (χ3v) is 6.02. The summed E-state index contributed by atoms with van der Waals surface area (Å²) in [4.78, 5) is 16.9. The maximum atomic E-state index is 12.4. The molecule has 4 rings (SSSR count). The van der Waals surface area contributed by atoms with Gasteiger partial charge in [0.15, 0.2) is 0 Å². The summed E-state index contributed by atoms with van der Waals surface area (Å²) in [6, 6.07) is 14.3. The summed E-state index contributed by atoms with van der Waals surface area (Å²) in [5.41, 5.74) is 1.77. The van der Waals surface area contributed by atoms with E-state index in [9.17, 15) is 10.1 Å². The number of nitriles is 1. The van der Waals surface area contributed by atoms with E-state index in [1.165, 1.54) is 11.3 Å². The summed E-state index contributed by atoms with van der Waals surface area (Å²) in [6.07, 6.45) is 1.64. The van der Waals surface area contributed by atoms with Crippen molar-refractivity contribution in [3.8, 4) is 17.3 Å². The van der Waals surface area contributed by atoms with E-state index in [0.29, 0.717) is 43.0 Å². The van der Waals surface area contributed by atoms with E-state index in [1.54, 1.807) is 47.9 Å². The second kappa shape index (κ2) is 8.13. The fourth-order valence-corrected chi connectivity index (χ4v) is 4.34. The Morgan fingerprint density at radius 2 is 2.03 bits per heavy atom. The van der Waals surface area contributed by atoms with Crippen LogP contribution in [0.15, 0.2) is 61.5 Å². The lowest BCUT2D eigenvalue weighted by Gasteiger charge is -2.01. The van der Waals surface area contributed by atoms with Gasteiger partial charge < -0.3 is 4.42 Å². The normalized spacial score (nSPS) is 11.6. The number of allylic oxidation sites excluding steroid dienone is 1. The first kappa shape index (κ1) is 19.9. The molecule has 4 aromatic rings. The standard InChI is InChI=1S/C21H9BrCl2N2O2S/c22-14-2-4-19-12(6-14)7-16(21(27)28-19)18-10-29-20(26-18)13(9-25)5-11-1-3-15(23)8-17(11)24/h1-8,10H/b13-5-. The highest BCUT2D eigenvalue weighted by Gasteiger charge is 2.14. The number of hydrogen-bond acceptors (Lipinski definition) is 5. The molecule has 0 spiro atoms. The Hall–Kier alpha value is -2.43. The van der Waals surface area contributed by atoms with Crippen LogP contribution in [0.5, 0.6) is 0 Å². The Morgan fingerprint density at radius 1 is 1.21 bits per heavy atom. The predicted molar refractivity (Wildman–Crippen MR) is 121 cm³/mol. The summed E-state index contributed by atoms with van der Waals surface area (Å²) < 4.78 is 6.27. The number of nitrogens with zero attached hydrogens (tertiary/aromatic N) is 2. The minimum Gasteiger partial charge on any atom is -0.422 e. The predicted octanol–water partition coefficient (Wildman–Crippen LogP) is 7.05. The number of thiazole rings is 1. The third-order valence-electron chi connectivity index (χ3n) is 4.09. The van der Waals surface area contributed by atoms with E-state index in [1.807, 2.05) is 6.07 Å². The van der Waals surface area contributed by atoms with Crippen molar-refractivity contribution in [2.45, 2.75) is 0 Å². The van der Waals surface area contributed by atoms with Crippen LogP contribution in [0.2, 0.25) is 10.0 Å². The molecule has 4 nitrogen and oxygen atoms in total. The minimum absolute atomic E-state index is 0.332. The Kier molecular flexibility index (Phi) is 5.57. The molecule has 2 aromatic heterocycles. The second-order valence-corrected chi connectivity index (χ2v) is 8.62.